The second kappa shape index (κ2) is 12.7. The molecule has 2 aliphatic rings. The van der Waals surface area contributed by atoms with Crippen LogP contribution in [-0.2, 0) is 40.4 Å². The summed E-state index contributed by atoms with van der Waals surface area (Å²) in [6.07, 6.45) is -1.22. The molecule has 0 saturated carbocycles. The van der Waals surface area contributed by atoms with Crippen molar-refractivity contribution in [1.82, 2.24) is 10.6 Å². The summed E-state index contributed by atoms with van der Waals surface area (Å²) in [4.78, 5) is 13.0. The van der Waals surface area contributed by atoms with Gasteiger partial charge < -0.3 is 10.6 Å². The first kappa shape index (κ1) is 31.1. The lowest BCUT2D eigenvalue weighted by atomic mass is 9.86. The van der Waals surface area contributed by atoms with E-state index in [2.05, 4.69) is 42.7 Å². The number of anilines is 1. The van der Waals surface area contributed by atoms with Crippen molar-refractivity contribution in [3.8, 4) is 0 Å². The first-order valence-electron chi connectivity index (χ1n) is 14.8. The van der Waals surface area contributed by atoms with Gasteiger partial charge in [0.2, 0.25) is 5.91 Å². The Kier molecular flexibility index (Phi) is 9.18. The number of hydrogen-bond acceptors (Lipinski definition) is 4. The summed E-state index contributed by atoms with van der Waals surface area (Å²) in [5.74, 6) is 0.278. The topological polar surface area (TPSA) is 78.5 Å². The van der Waals surface area contributed by atoms with Crippen molar-refractivity contribution in [2.45, 2.75) is 82.1 Å². The average Bonchev–Trinajstić information content (AvgIpc) is 2.96. The van der Waals surface area contributed by atoms with Gasteiger partial charge in [0.05, 0.1) is 28.2 Å². The molecule has 2 atom stereocenters. The summed E-state index contributed by atoms with van der Waals surface area (Å²) in [6, 6.07) is 16.2. The zero-order valence-corrected chi connectivity index (χ0v) is 25.3. The molecule has 10 heteroatoms. The van der Waals surface area contributed by atoms with Crippen molar-refractivity contribution in [3.63, 3.8) is 0 Å². The maximum Gasteiger partial charge on any atom is 0.416 e. The van der Waals surface area contributed by atoms with Gasteiger partial charge in [0.25, 0.3) is 10.0 Å². The van der Waals surface area contributed by atoms with Crippen molar-refractivity contribution in [2.24, 2.45) is 5.92 Å². The van der Waals surface area contributed by atoms with Crippen LogP contribution in [0, 0.1) is 5.92 Å². The molecule has 43 heavy (non-hydrogen) atoms. The first-order chi connectivity index (χ1) is 20.4. The van der Waals surface area contributed by atoms with E-state index in [-0.39, 0.29) is 18.4 Å². The van der Waals surface area contributed by atoms with Gasteiger partial charge >= 0.3 is 6.18 Å². The number of benzene rings is 3. The van der Waals surface area contributed by atoms with Crippen molar-refractivity contribution < 1.29 is 26.4 Å². The van der Waals surface area contributed by atoms with E-state index in [1.807, 2.05) is 6.07 Å². The highest BCUT2D eigenvalue weighted by Gasteiger charge is 2.39. The van der Waals surface area contributed by atoms with Crippen LogP contribution in [0.1, 0.15) is 73.4 Å². The number of sulfonamides is 1. The normalized spacial score (nSPS) is 18.7. The van der Waals surface area contributed by atoms with Gasteiger partial charge in [-0.3, -0.25) is 9.10 Å². The Labute approximate surface area is 251 Å². The van der Waals surface area contributed by atoms with E-state index in [9.17, 15) is 26.4 Å². The molecule has 6 nitrogen and oxygen atoms in total. The van der Waals surface area contributed by atoms with Crippen LogP contribution in [0.15, 0.2) is 71.6 Å². The smallest absolute Gasteiger partial charge is 0.349 e. The third-order valence-corrected chi connectivity index (χ3v) is 10.0. The number of amides is 1. The summed E-state index contributed by atoms with van der Waals surface area (Å²) in [7, 11) is -4.41. The van der Waals surface area contributed by atoms with Gasteiger partial charge in [0.15, 0.2) is 0 Å². The zero-order chi connectivity index (χ0) is 30.8. The summed E-state index contributed by atoms with van der Waals surface area (Å²) in [5, 5.41) is 6.60. The van der Waals surface area contributed by atoms with E-state index >= 15 is 0 Å². The zero-order valence-electron chi connectivity index (χ0n) is 24.5. The number of fused-ring (bicyclic) bond motifs is 2. The van der Waals surface area contributed by atoms with E-state index < -0.39 is 32.7 Å². The number of nitrogens with zero attached hydrogens (tertiary/aromatic N) is 1. The van der Waals surface area contributed by atoms with Crippen molar-refractivity contribution in [1.29, 1.82) is 0 Å². The third kappa shape index (κ3) is 7.07. The number of nitrogens with one attached hydrogen (secondary N) is 2. The molecule has 1 heterocycles. The molecule has 2 N–H and O–H groups in total. The van der Waals surface area contributed by atoms with Gasteiger partial charge in [0.1, 0.15) is 0 Å². The molecule has 230 valence electrons. The molecule has 1 aliphatic heterocycles. The van der Waals surface area contributed by atoms with Crippen molar-refractivity contribution in [2.75, 3.05) is 10.8 Å². The Morgan fingerprint density at radius 3 is 2.53 bits per heavy atom. The molecule has 3 aromatic rings. The van der Waals surface area contributed by atoms with E-state index in [1.165, 1.54) is 17.2 Å². The third-order valence-electron chi connectivity index (χ3n) is 8.19. The number of para-hydroxylation sites is 1. The Morgan fingerprint density at radius 1 is 0.977 bits per heavy atom. The summed E-state index contributed by atoms with van der Waals surface area (Å²) >= 11 is 0. The van der Waals surface area contributed by atoms with Gasteiger partial charge in [-0.1, -0.05) is 56.3 Å². The van der Waals surface area contributed by atoms with Crippen LogP contribution in [0.2, 0.25) is 0 Å². The van der Waals surface area contributed by atoms with E-state index in [0.717, 1.165) is 59.9 Å². The fourth-order valence-electron chi connectivity index (χ4n) is 6.13. The molecular weight excluding hydrogens is 575 g/mol. The second-order valence-corrected chi connectivity index (χ2v) is 13.7. The lowest BCUT2D eigenvalue weighted by Crippen LogP contribution is -2.46. The van der Waals surface area contributed by atoms with E-state index in [1.54, 1.807) is 18.2 Å². The quantitative estimate of drug-likeness (QED) is 0.287. The largest absolute Gasteiger partial charge is 0.416 e. The highest BCUT2D eigenvalue weighted by molar-refractivity contribution is 7.92. The van der Waals surface area contributed by atoms with Crippen LogP contribution in [0.4, 0.5) is 18.9 Å². The molecule has 5 rings (SSSR count). The van der Waals surface area contributed by atoms with Gasteiger partial charge in [-0.05, 0) is 91.1 Å². The molecule has 0 radical (unpaired) electrons. The average molecular weight is 614 g/mol. The molecule has 0 fully saturated rings. The minimum Gasteiger partial charge on any atom is -0.349 e. The predicted octanol–water partition coefficient (Wildman–Crippen LogP) is 6.55. The molecule has 1 aliphatic carbocycles. The van der Waals surface area contributed by atoms with Gasteiger partial charge in [0, 0.05) is 13.0 Å². The standard InChI is InChI=1S/C33H38F3N3O3S/c1-22(2)20-37-21-23-13-16-29-25(17-23)8-5-11-30(29)38-32(40)19-27-15-14-24-7-3-4-12-31(24)39(27)43(41,42)28-10-6-9-26(18-28)33(34,35)36/h3-4,6-7,9-10,12-13,16-18,22,27,30,37H,5,8,11,14-15,19-21H2,1-2H3,(H,38,40)/t27-,30-/m1/s1. The molecule has 0 bridgehead atoms. The minimum absolute atomic E-state index is 0.102. The Balaban J connectivity index is 1.36. The van der Waals surface area contributed by atoms with Crippen LogP contribution < -0.4 is 14.9 Å². The predicted molar refractivity (Wildman–Crippen MR) is 161 cm³/mol. The number of carbonyl (C=O) groups excluding carboxylic acids is 1. The van der Waals surface area contributed by atoms with Gasteiger partial charge in [-0.15, -0.1) is 0 Å². The van der Waals surface area contributed by atoms with Gasteiger partial charge in [-0.25, -0.2) is 8.42 Å². The maximum absolute atomic E-state index is 13.9. The molecule has 1 amide bonds. The number of alkyl halides is 3. The fourth-order valence-corrected chi connectivity index (χ4v) is 7.89. The molecule has 0 saturated heterocycles. The van der Waals surface area contributed by atoms with Crippen LogP contribution in [-0.4, -0.2) is 26.9 Å². The lowest BCUT2D eigenvalue weighted by molar-refractivity contribution is -0.137. The number of carbonyl (C=O) groups is 1. The van der Waals surface area contributed by atoms with Crippen LogP contribution in [0.3, 0.4) is 0 Å². The van der Waals surface area contributed by atoms with Crippen LogP contribution in [0.5, 0.6) is 0 Å². The number of hydrogen-bond donors (Lipinski definition) is 2. The summed E-state index contributed by atoms with van der Waals surface area (Å²) < 4.78 is 69.4. The van der Waals surface area contributed by atoms with Crippen LogP contribution >= 0.6 is 0 Å². The molecule has 0 unspecified atom stereocenters. The number of rotatable bonds is 9. The van der Waals surface area contributed by atoms with Crippen molar-refractivity contribution in [3.05, 3.63) is 94.5 Å². The maximum atomic E-state index is 13.9. The molecular formula is C33H38F3N3O3S. The highest BCUT2D eigenvalue weighted by Crippen LogP contribution is 2.38. The molecule has 3 aromatic carbocycles. The lowest BCUT2D eigenvalue weighted by Gasteiger charge is -2.38. The summed E-state index contributed by atoms with van der Waals surface area (Å²) in [6.45, 7) is 6.04. The Hall–Kier alpha value is -3.37. The highest BCUT2D eigenvalue weighted by atomic mass is 32.2. The van der Waals surface area contributed by atoms with E-state index in [0.29, 0.717) is 30.5 Å². The Morgan fingerprint density at radius 2 is 1.77 bits per heavy atom. The van der Waals surface area contributed by atoms with Crippen LogP contribution in [0.25, 0.3) is 0 Å². The minimum atomic E-state index is -4.69. The SMILES string of the molecule is CC(C)CNCc1ccc2c(c1)CCC[C@H]2NC(=O)C[C@H]1CCc2ccccc2N1S(=O)(=O)c1cccc(C(F)(F)F)c1. The van der Waals surface area contributed by atoms with Crippen molar-refractivity contribution >= 4 is 21.6 Å². The number of aryl methyl sites for hydroxylation is 2. The monoisotopic (exact) mass is 613 g/mol. The fraction of sp³-hybridized carbons (Fsp3) is 0.424. The van der Waals surface area contributed by atoms with E-state index in [4.69, 9.17) is 0 Å². The van der Waals surface area contributed by atoms with Gasteiger partial charge in [-0.2, -0.15) is 13.2 Å². The molecule has 0 aromatic heterocycles. The first-order valence-corrected chi connectivity index (χ1v) is 16.3. The second-order valence-electron chi connectivity index (χ2n) is 11.9. The summed E-state index contributed by atoms with van der Waals surface area (Å²) in [5.41, 5.74) is 3.61. The Bertz CT molecular complexity index is 1570. The molecule has 0 spiro atoms. The number of halogens is 3.